The van der Waals surface area contributed by atoms with Crippen LogP contribution in [0.3, 0.4) is 0 Å². The minimum absolute atomic E-state index is 0.0236. The number of rotatable bonds is 7. The van der Waals surface area contributed by atoms with E-state index in [1.807, 2.05) is 0 Å². The number of amides is 2. The molecule has 43 heavy (non-hydrogen) atoms. The Kier molecular flexibility index (Phi) is 9.86. The predicted molar refractivity (Wildman–Crippen MR) is 131 cm³/mol. The van der Waals surface area contributed by atoms with E-state index in [-0.39, 0.29) is 40.8 Å². The molecule has 0 saturated heterocycles. The number of methoxy groups -OCH3 is 2. The third-order valence-corrected chi connectivity index (χ3v) is 6.30. The van der Waals surface area contributed by atoms with Crippen LogP contribution >= 0.6 is 0 Å². The van der Waals surface area contributed by atoms with Crippen LogP contribution in [-0.4, -0.2) is 51.8 Å². The number of nitrogens with one attached hydrogen (secondary N) is 1. The Hall–Kier alpha value is -4.05. The second-order valence-electron chi connectivity index (χ2n) is 9.39. The molecule has 1 aliphatic rings. The first-order valence-corrected chi connectivity index (χ1v) is 12.3. The number of anilines is 1. The minimum atomic E-state index is -5.05. The van der Waals surface area contributed by atoms with Crippen molar-refractivity contribution in [1.82, 2.24) is 5.32 Å². The molecule has 1 aliphatic heterocycles. The predicted octanol–water partition coefficient (Wildman–Crippen LogP) is 7.05. The molecular weight excluding hydrogens is 607 g/mol. The van der Waals surface area contributed by atoms with Crippen molar-refractivity contribution in [3.63, 3.8) is 0 Å². The number of carbonyl (C=O) groups excluding carboxylic acids is 2. The fraction of sp³-hybridized carbons (Fsp3) is 0.462. The Morgan fingerprint density at radius 1 is 0.860 bits per heavy atom. The highest BCUT2D eigenvalue weighted by atomic mass is 19.4. The molecule has 0 unspecified atom stereocenters. The Balaban J connectivity index is 1.79. The van der Waals surface area contributed by atoms with Crippen LogP contribution in [0.25, 0.3) is 0 Å². The number of ether oxygens (including phenoxy) is 4. The summed E-state index contributed by atoms with van der Waals surface area (Å²) in [6.07, 6.45) is -17.8. The third kappa shape index (κ3) is 8.50. The molecule has 2 aromatic carbocycles. The summed E-state index contributed by atoms with van der Waals surface area (Å²) in [5.74, 6) is 0.245. The SMILES string of the molecule is COc1cc2c(cc1OC)N(C(=O)OCC(F)(F)F)[C@H](C)C[C@@H]2NC(=O)OCCc1cc(C(F)(F)F)cc(C(F)(F)F)c1. The summed E-state index contributed by atoms with van der Waals surface area (Å²) in [6, 6.07) is 1.92. The lowest BCUT2D eigenvalue weighted by Gasteiger charge is -2.39. The van der Waals surface area contributed by atoms with Crippen LogP contribution in [-0.2, 0) is 28.2 Å². The fourth-order valence-electron chi connectivity index (χ4n) is 4.42. The molecule has 2 amide bonds. The second-order valence-corrected chi connectivity index (χ2v) is 9.39. The quantitative estimate of drug-likeness (QED) is 0.330. The van der Waals surface area contributed by atoms with Gasteiger partial charge in [-0.15, -0.1) is 0 Å². The summed E-state index contributed by atoms with van der Waals surface area (Å²) >= 11 is 0. The van der Waals surface area contributed by atoms with Crippen molar-refractivity contribution < 1.29 is 68.1 Å². The van der Waals surface area contributed by atoms with Crippen molar-refractivity contribution >= 4 is 17.9 Å². The normalized spacial score (nSPS) is 17.2. The molecule has 0 saturated carbocycles. The van der Waals surface area contributed by atoms with E-state index in [2.05, 4.69) is 10.1 Å². The number of hydrogen-bond acceptors (Lipinski definition) is 6. The topological polar surface area (TPSA) is 86.3 Å². The lowest BCUT2D eigenvalue weighted by atomic mass is 9.91. The zero-order chi connectivity index (χ0) is 32.3. The van der Waals surface area contributed by atoms with E-state index in [0.29, 0.717) is 12.1 Å². The Morgan fingerprint density at radius 3 is 1.93 bits per heavy atom. The number of alkyl halides is 9. The molecule has 3 rings (SSSR count). The molecule has 238 valence electrons. The average Bonchev–Trinajstić information content (AvgIpc) is 2.89. The lowest BCUT2D eigenvalue weighted by molar-refractivity contribution is -0.159. The molecule has 1 heterocycles. The van der Waals surface area contributed by atoms with Crippen molar-refractivity contribution in [2.45, 2.75) is 50.4 Å². The van der Waals surface area contributed by atoms with E-state index >= 15 is 0 Å². The summed E-state index contributed by atoms with van der Waals surface area (Å²) in [4.78, 5) is 26.2. The number of benzene rings is 2. The van der Waals surface area contributed by atoms with Crippen molar-refractivity contribution in [3.05, 3.63) is 52.6 Å². The number of halogens is 9. The van der Waals surface area contributed by atoms with Gasteiger partial charge in [0.25, 0.3) is 0 Å². The van der Waals surface area contributed by atoms with Gasteiger partial charge in [0, 0.05) is 24.1 Å². The molecule has 0 spiro atoms. The molecule has 8 nitrogen and oxygen atoms in total. The van der Waals surface area contributed by atoms with Gasteiger partial charge in [-0.25, -0.2) is 9.59 Å². The number of carbonyl (C=O) groups is 2. The molecule has 0 aromatic heterocycles. The molecular formula is C26H25F9N2O6. The molecule has 0 bridgehead atoms. The Bertz CT molecular complexity index is 1300. The van der Waals surface area contributed by atoms with Crippen molar-refractivity contribution in [2.24, 2.45) is 0 Å². The fourth-order valence-corrected chi connectivity index (χ4v) is 4.42. The molecule has 2 aromatic rings. The van der Waals surface area contributed by atoms with Gasteiger partial charge < -0.3 is 24.3 Å². The largest absolute Gasteiger partial charge is 0.493 e. The Labute approximate surface area is 238 Å². The van der Waals surface area contributed by atoms with Crippen molar-refractivity contribution in [3.8, 4) is 11.5 Å². The van der Waals surface area contributed by atoms with Gasteiger partial charge >= 0.3 is 30.7 Å². The highest BCUT2D eigenvalue weighted by molar-refractivity contribution is 5.91. The van der Waals surface area contributed by atoms with E-state index in [1.54, 1.807) is 0 Å². The van der Waals surface area contributed by atoms with E-state index in [9.17, 15) is 49.1 Å². The summed E-state index contributed by atoms with van der Waals surface area (Å²) in [5, 5.41) is 2.49. The molecule has 1 N–H and O–H groups in total. The first-order valence-electron chi connectivity index (χ1n) is 12.3. The van der Waals surface area contributed by atoms with E-state index in [0.717, 1.165) is 4.90 Å². The number of alkyl carbamates (subject to hydrolysis) is 1. The van der Waals surface area contributed by atoms with Gasteiger partial charge in [0.2, 0.25) is 0 Å². The average molecular weight is 632 g/mol. The maximum atomic E-state index is 13.1. The highest BCUT2D eigenvalue weighted by Crippen LogP contribution is 2.44. The van der Waals surface area contributed by atoms with Crippen LogP contribution < -0.4 is 19.7 Å². The number of hydrogen-bond donors (Lipinski definition) is 1. The number of fused-ring (bicyclic) bond motifs is 1. The first kappa shape index (κ1) is 33.5. The van der Waals surface area contributed by atoms with Crippen molar-refractivity contribution in [1.29, 1.82) is 0 Å². The standard InChI is InChI=1S/C26H25F9N2O6/c1-13-6-18(17-10-20(40-2)21(41-3)11-19(17)37(13)23(39)43-12-24(27,28)29)36-22(38)42-5-4-14-7-15(25(30,31)32)9-16(8-14)26(33,34)35/h7-11,13,18H,4-6,12H2,1-3H3,(H,36,38)/t13-,18+/m1/s1. The monoisotopic (exact) mass is 632 g/mol. The van der Waals surface area contributed by atoms with E-state index in [1.165, 1.54) is 33.3 Å². The second kappa shape index (κ2) is 12.7. The zero-order valence-corrected chi connectivity index (χ0v) is 22.7. The minimum Gasteiger partial charge on any atom is -0.493 e. The summed E-state index contributed by atoms with van der Waals surface area (Å²) < 4.78 is 137. The number of nitrogens with zero attached hydrogens (tertiary/aromatic N) is 1. The zero-order valence-electron chi connectivity index (χ0n) is 22.7. The van der Waals surface area contributed by atoms with E-state index < -0.39 is 73.6 Å². The molecule has 0 aliphatic carbocycles. The van der Waals surface area contributed by atoms with Gasteiger partial charge in [0.1, 0.15) is 0 Å². The van der Waals surface area contributed by atoms with Gasteiger partial charge in [-0.2, -0.15) is 39.5 Å². The summed E-state index contributed by atoms with van der Waals surface area (Å²) in [7, 11) is 2.57. The molecule has 0 fully saturated rings. The van der Waals surface area contributed by atoms with Crippen LogP contribution in [0.15, 0.2) is 30.3 Å². The molecule has 17 heteroatoms. The lowest BCUT2D eigenvalue weighted by Crippen LogP contribution is -2.47. The van der Waals surface area contributed by atoms with Gasteiger partial charge in [-0.05, 0) is 43.2 Å². The van der Waals surface area contributed by atoms with Crippen LogP contribution in [0.2, 0.25) is 0 Å². The van der Waals surface area contributed by atoms with E-state index in [4.69, 9.17) is 14.2 Å². The Morgan fingerprint density at radius 2 is 1.42 bits per heavy atom. The van der Waals surface area contributed by atoms with Crippen LogP contribution in [0.4, 0.5) is 54.8 Å². The third-order valence-electron chi connectivity index (χ3n) is 6.30. The van der Waals surface area contributed by atoms with Crippen LogP contribution in [0.5, 0.6) is 11.5 Å². The summed E-state index contributed by atoms with van der Waals surface area (Å²) in [6.45, 7) is -0.968. The van der Waals surface area contributed by atoms with Crippen LogP contribution in [0, 0.1) is 0 Å². The highest BCUT2D eigenvalue weighted by Gasteiger charge is 2.39. The smallest absolute Gasteiger partial charge is 0.422 e. The van der Waals surface area contributed by atoms with Crippen molar-refractivity contribution in [2.75, 3.05) is 32.3 Å². The molecule has 0 radical (unpaired) electrons. The van der Waals surface area contributed by atoms with Gasteiger partial charge in [0.05, 0.1) is 43.7 Å². The maximum Gasteiger partial charge on any atom is 0.422 e. The maximum absolute atomic E-state index is 13.1. The first-order chi connectivity index (χ1) is 19.8. The van der Waals surface area contributed by atoms with Crippen LogP contribution in [0.1, 0.15) is 41.6 Å². The van der Waals surface area contributed by atoms with Gasteiger partial charge in [0.15, 0.2) is 18.1 Å². The van der Waals surface area contributed by atoms with Gasteiger partial charge in [-0.3, -0.25) is 4.90 Å². The van der Waals surface area contributed by atoms with Gasteiger partial charge in [-0.1, -0.05) is 0 Å². The molecule has 2 atom stereocenters. The summed E-state index contributed by atoms with van der Waals surface area (Å²) in [5.41, 5.74) is -3.19.